The molecule has 0 bridgehead atoms. The van der Waals surface area contributed by atoms with Crippen LogP contribution in [-0.2, 0) is 21.2 Å². The fourth-order valence-electron chi connectivity index (χ4n) is 2.80. The largest absolute Gasteiger partial charge is 0.342 e. The molecule has 0 aliphatic heterocycles. The van der Waals surface area contributed by atoms with Crippen LogP contribution in [0.15, 0.2) is 34.5 Å². The Morgan fingerprint density at radius 1 is 1.19 bits per heavy atom. The minimum absolute atomic E-state index is 0.0144. The first-order valence-electron chi connectivity index (χ1n) is 8.92. The predicted octanol–water partition coefficient (Wildman–Crippen LogP) is 4.70. The van der Waals surface area contributed by atoms with Gasteiger partial charge in [0.05, 0.1) is 17.0 Å². The van der Waals surface area contributed by atoms with Crippen molar-refractivity contribution < 1.29 is 13.2 Å². The van der Waals surface area contributed by atoms with Gasteiger partial charge in [0.15, 0.2) is 0 Å². The van der Waals surface area contributed by atoms with Gasteiger partial charge in [0.2, 0.25) is 5.91 Å². The highest BCUT2D eigenvalue weighted by Gasteiger charge is 2.22. The van der Waals surface area contributed by atoms with E-state index in [1.165, 1.54) is 17.4 Å². The average Bonchev–Trinajstić information content (AvgIpc) is 3.03. The number of anilines is 1. The Morgan fingerprint density at radius 3 is 2.48 bits per heavy atom. The van der Waals surface area contributed by atoms with Crippen molar-refractivity contribution in [3.05, 3.63) is 45.1 Å². The number of halogens is 1. The molecule has 27 heavy (non-hydrogen) atoms. The molecule has 1 aromatic heterocycles. The van der Waals surface area contributed by atoms with Gasteiger partial charge in [-0.25, -0.2) is 8.42 Å². The molecule has 1 heterocycles. The van der Waals surface area contributed by atoms with Crippen molar-refractivity contribution >= 4 is 44.6 Å². The first-order valence-corrected chi connectivity index (χ1v) is 11.7. The minimum atomic E-state index is -3.79. The number of amides is 1. The third kappa shape index (κ3) is 5.46. The summed E-state index contributed by atoms with van der Waals surface area (Å²) in [5.41, 5.74) is 0.942. The Kier molecular flexibility index (Phi) is 7.70. The monoisotopic (exact) mass is 428 g/mol. The summed E-state index contributed by atoms with van der Waals surface area (Å²) in [5, 5.41) is 2.18. The number of sulfonamides is 1. The highest BCUT2D eigenvalue weighted by molar-refractivity contribution is 7.92. The first-order chi connectivity index (χ1) is 12.8. The molecule has 0 spiro atoms. The van der Waals surface area contributed by atoms with Crippen molar-refractivity contribution in [1.82, 2.24) is 4.90 Å². The van der Waals surface area contributed by atoms with Crippen LogP contribution in [0.1, 0.15) is 37.1 Å². The van der Waals surface area contributed by atoms with Crippen molar-refractivity contribution in [1.29, 1.82) is 0 Å². The Morgan fingerprint density at radius 2 is 1.85 bits per heavy atom. The van der Waals surface area contributed by atoms with Crippen LogP contribution in [0.3, 0.4) is 0 Å². The summed E-state index contributed by atoms with van der Waals surface area (Å²) >= 11 is 7.43. The van der Waals surface area contributed by atoms with Gasteiger partial charge in [-0.3, -0.25) is 9.52 Å². The number of carbonyl (C=O) groups is 1. The van der Waals surface area contributed by atoms with Crippen LogP contribution in [0.25, 0.3) is 0 Å². The van der Waals surface area contributed by atoms with Crippen molar-refractivity contribution in [2.45, 2.75) is 44.9 Å². The summed E-state index contributed by atoms with van der Waals surface area (Å²) in [6.45, 7) is 7.16. The molecule has 2 rings (SSSR count). The molecule has 148 valence electrons. The lowest BCUT2D eigenvalue weighted by molar-refractivity contribution is -0.130. The van der Waals surface area contributed by atoms with E-state index in [9.17, 15) is 13.2 Å². The Hall–Kier alpha value is -1.57. The number of rotatable bonds is 9. The fourth-order valence-corrected chi connectivity index (χ4v) is 5.28. The molecule has 5 nitrogen and oxygen atoms in total. The molecule has 1 N–H and O–H groups in total. The maximum atomic E-state index is 12.8. The van der Waals surface area contributed by atoms with Crippen LogP contribution >= 0.6 is 22.9 Å². The molecule has 2 aromatic rings. The van der Waals surface area contributed by atoms with Gasteiger partial charge in [0, 0.05) is 23.0 Å². The standard InChI is InChI=1S/C19H25ClN2O3S2/c1-4-10-22(11-5-2)19(23)13-17-16(9-12-26-17)21-27(24,25)18-8-6-7-15(20)14(18)3/h6-9,12,21H,4-5,10-11,13H2,1-3H3. The molecule has 1 amide bonds. The molecule has 8 heteroatoms. The van der Waals surface area contributed by atoms with Crippen LogP contribution in [0.2, 0.25) is 5.02 Å². The maximum absolute atomic E-state index is 12.8. The molecule has 0 radical (unpaired) electrons. The second-order valence-corrected chi connectivity index (χ2v) is 9.34. The molecule has 1 aromatic carbocycles. The van der Waals surface area contributed by atoms with E-state index in [-0.39, 0.29) is 17.2 Å². The summed E-state index contributed by atoms with van der Waals surface area (Å²) in [6, 6.07) is 6.47. The molecule has 0 aliphatic carbocycles. The number of hydrogen-bond donors (Lipinski definition) is 1. The highest BCUT2D eigenvalue weighted by Crippen LogP contribution is 2.29. The lowest BCUT2D eigenvalue weighted by atomic mass is 10.2. The van der Waals surface area contributed by atoms with E-state index in [2.05, 4.69) is 4.72 Å². The lowest BCUT2D eigenvalue weighted by Crippen LogP contribution is -2.33. The first kappa shape index (κ1) is 21.7. The lowest BCUT2D eigenvalue weighted by Gasteiger charge is -2.21. The highest BCUT2D eigenvalue weighted by atomic mass is 35.5. The smallest absolute Gasteiger partial charge is 0.262 e. The van der Waals surface area contributed by atoms with Crippen LogP contribution in [-0.4, -0.2) is 32.3 Å². The molecule has 0 fully saturated rings. The van der Waals surface area contributed by atoms with Crippen LogP contribution < -0.4 is 4.72 Å². The zero-order chi connectivity index (χ0) is 20.0. The van der Waals surface area contributed by atoms with Gasteiger partial charge >= 0.3 is 0 Å². The third-order valence-corrected chi connectivity index (χ3v) is 6.99. The number of benzene rings is 1. The van der Waals surface area contributed by atoms with Crippen LogP contribution in [0.5, 0.6) is 0 Å². The number of nitrogens with one attached hydrogen (secondary N) is 1. The van der Waals surface area contributed by atoms with E-state index in [0.717, 1.165) is 12.8 Å². The quantitative estimate of drug-likeness (QED) is 0.629. The summed E-state index contributed by atoms with van der Waals surface area (Å²) in [4.78, 5) is 15.3. The molecular weight excluding hydrogens is 404 g/mol. The van der Waals surface area contributed by atoms with E-state index in [1.54, 1.807) is 30.5 Å². The SMILES string of the molecule is CCCN(CCC)C(=O)Cc1sccc1NS(=O)(=O)c1cccc(Cl)c1C. The van der Waals surface area contributed by atoms with Crippen LogP contribution in [0, 0.1) is 6.92 Å². The Labute approximate surface area is 170 Å². The molecule has 0 unspecified atom stereocenters. The molecule has 0 saturated heterocycles. The number of hydrogen-bond acceptors (Lipinski definition) is 4. The van der Waals surface area contributed by atoms with E-state index < -0.39 is 10.0 Å². The van der Waals surface area contributed by atoms with Gasteiger partial charge in [-0.2, -0.15) is 0 Å². The maximum Gasteiger partial charge on any atom is 0.262 e. The third-order valence-electron chi connectivity index (χ3n) is 4.15. The number of thiophene rings is 1. The topological polar surface area (TPSA) is 66.5 Å². The summed E-state index contributed by atoms with van der Waals surface area (Å²) in [5.74, 6) is 0.0144. The van der Waals surface area contributed by atoms with E-state index in [1.807, 2.05) is 18.7 Å². The molecule has 0 saturated carbocycles. The van der Waals surface area contributed by atoms with Crippen molar-refractivity contribution in [3.8, 4) is 0 Å². The van der Waals surface area contributed by atoms with E-state index >= 15 is 0 Å². The number of carbonyl (C=O) groups excluding carboxylic acids is 1. The number of nitrogens with zero attached hydrogens (tertiary/aromatic N) is 1. The fraction of sp³-hybridized carbons (Fsp3) is 0.421. The second kappa shape index (κ2) is 9.57. The second-order valence-electron chi connectivity index (χ2n) is 6.28. The Bertz CT molecular complexity index is 888. The summed E-state index contributed by atoms with van der Waals surface area (Å²) in [6.07, 6.45) is 1.97. The van der Waals surface area contributed by atoms with Gasteiger partial charge in [-0.15, -0.1) is 11.3 Å². The zero-order valence-corrected chi connectivity index (χ0v) is 18.2. The van der Waals surface area contributed by atoms with Crippen molar-refractivity contribution in [3.63, 3.8) is 0 Å². The van der Waals surface area contributed by atoms with Gasteiger partial charge in [0.25, 0.3) is 10.0 Å². The average molecular weight is 429 g/mol. The summed E-state index contributed by atoms with van der Waals surface area (Å²) < 4.78 is 28.2. The van der Waals surface area contributed by atoms with E-state index in [4.69, 9.17) is 11.6 Å². The molecule has 0 atom stereocenters. The van der Waals surface area contributed by atoms with Gasteiger partial charge < -0.3 is 4.90 Å². The Balaban J connectivity index is 2.21. The predicted molar refractivity (Wildman–Crippen MR) is 112 cm³/mol. The van der Waals surface area contributed by atoms with Crippen LogP contribution in [0.4, 0.5) is 5.69 Å². The van der Waals surface area contributed by atoms with Crippen molar-refractivity contribution in [2.24, 2.45) is 0 Å². The van der Waals surface area contributed by atoms with Gasteiger partial charge in [0.1, 0.15) is 0 Å². The van der Waals surface area contributed by atoms with Gasteiger partial charge in [-0.1, -0.05) is 31.5 Å². The van der Waals surface area contributed by atoms with Crippen molar-refractivity contribution in [2.75, 3.05) is 17.8 Å². The zero-order valence-electron chi connectivity index (χ0n) is 15.8. The van der Waals surface area contributed by atoms with E-state index in [0.29, 0.717) is 34.2 Å². The molecule has 0 aliphatic rings. The minimum Gasteiger partial charge on any atom is -0.342 e. The molecular formula is C19H25ClN2O3S2. The normalized spacial score (nSPS) is 11.4. The summed E-state index contributed by atoms with van der Waals surface area (Å²) in [7, 11) is -3.79. The van der Waals surface area contributed by atoms with Gasteiger partial charge in [-0.05, 0) is 48.9 Å².